The van der Waals surface area contributed by atoms with Gasteiger partial charge in [0.1, 0.15) is 5.69 Å². The van der Waals surface area contributed by atoms with E-state index >= 15 is 0 Å². The average molecular weight is 323 g/mol. The quantitative estimate of drug-likeness (QED) is 0.908. The van der Waals surface area contributed by atoms with Gasteiger partial charge in [0.15, 0.2) is 0 Å². The van der Waals surface area contributed by atoms with Gasteiger partial charge in [-0.15, -0.1) is 0 Å². The van der Waals surface area contributed by atoms with Gasteiger partial charge >= 0.3 is 0 Å². The molecule has 5 heteroatoms. The highest BCUT2D eigenvalue weighted by Gasteiger charge is 2.15. The molecular weight excluding hydrogens is 302 g/mol. The number of carbonyl (C=O) groups excluding carboxylic acids is 2. The van der Waals surface area contributed by atoms with Gasteiger partial charge in [0.2, 0.25) is 5.91 Å². The monoisotopic (exact) mass is 323 g/mol. The molecule has 0 aliphatic heterocycles. The molecule has 0 spiro atoms. The van der Waals surface area contributed by atoms with Crippen molar-refractivity contribution in [1.82, 2.24) is 4.98 Å². The fourth-order valence-corrected chi connectivity index (χ4v) is 2.99. The molecule has 124 valence electrons. The number of fused-ring (bicyclic) bond motifs is 1. The van der Waals surface area contributed by atoms with Crippen LogP contribution in [0.2, 0.25) is 0 Å². The first kappa shape index (κ1) is 16.2. The molecule has 2 aromatic rings. The van der Waals surface area contributed by atoms with E-state index in [1.54, 1.807) is 12.1 Å². The number of aromatic nitrogens is 1. The summed E-state index contributed by atoms with van der Waals surface area (Å²) in [5, 5.41) is 5.66. The van der Waals surface area contributed by atoms with Crippen LogP contribution in [0, 0.1) is 6.92 Å². The van der Waals surface area contributed by atoms with E-state index in [1.807, 2.05) is 25.1 Å². The van der Waals surface area contributed by atoms with Crippen molar-refractivity contribution in [2.45, 2.75) is 39.5 Å². The number of nitrogens with one attached hydrogen (secondary N) is 2. The lowest BCUT2D eigenvalue weighted by atomic mass is 9.96. The zero-order valence-corrected chi connectivity index (χ0v) is 14.0. The molecule has 0 atom stereocenters. The Balaban J connectivity index is 1.81. The van der Waals surface area contributed by atoms with Crippen LogP contribution in [0.3, 0.4) is 0 Å². The van der Waals surface area contributed by atoms with Crippen molar-refractivity contribution in [3.63, 3.8) is 0 Å². The Morgan fingerprint density at radius 3 is 2.46 bits per heavy atom. The molecular formula is C19H21N3O2. The van der Waals surface area contributed by atoms with Gasteiger partial charge in [-0.05, 0) is 61.9 Å². The van der Waals surface area contributed by atoms with Crippen molar-refractivity contribution in [3.8, 4) is 0 Å². The number of amides is 2. The lowest BCUT2D eigenvalue weighted by Crippen LogP contribution is -2.17. The van der Waals surface area contributed by atoms with Gasteiger partial charge in [-0.1, -0.05) is 12.1 Å². The Morgan fingerprint density at radius 1 is 1.00 bits per heavy atom. The molecule has 0 bridgehead atoms. The summed E-state index contributed by atoms with van der Waals surface area (Å²) in [7, 11) is 0. The number of rotatable bonds is 3. The van der Waals surface area contributed by atoms with Crippen LogP contribution in [-0.4, -0.2) is 16.8 Å². The van der Waals surface area contributed by atoms with E-state index in [1.165, 1.54) is 18.9 Å². The normalized spacial score (nSPS) is 13.1. The van der Waals surface area contributed by atoms with Crippen LogP contribution in [-0.2, 0) is 17.6 Å². The van der Waals surface area contributed by atoms with Gasteiger partial charge in [0.05, 0.1) is 0 Å². The van der Waals surface area contributed by atoms with Crippen molar-refractivity contribution in [3.05, 3.63) is 52.8 Å². The van der Waals surface area contributed by atoms with Gasteiger partial charge in [-0.2, -0.15) is 0 Å². The fourth-order valence-electron chi connectivity index (χ4n) is 2.99. The molecule has 0 radical (unpaired) electrons. The first-order valence-corrected chi connectivity index (χ1v) is 8.22. The zero-order valence-electron chi connectivity index (χ0n) is 14.0. The molecule has 1 heterocycles. The van der Waals surface area contributed by atoms with E-state index < -0.39 is 0 Å². The molecule has 1 aliphatic carbocycles. The first-order chi connectivity index (χ1) is 11.5. The standard InChI is InChI=1S/C19H21N3O2/c1-12-15(20-13(2)23)8-5-9-16(12)22-19(24)18-11-10-14-6-3-4-7-17(14)21-18/h5,8-11H,3-4,6-7H2,1-2H3,(H,20,23)(H,22,24). The van der Waals surface area contributed by atoms with Crippen LogP contribution in [0.5, 0.6) is 0 Å². The van der Waals surface area contributed by atoms with Gasteiger partial charge < -0.3 is 10.6 Å². The van der Waals surface area contributed by atoms with Crippen LogP contribution in [0.1, 0.15) is 47.1 Å². The minimum Gasteiger partial charge on any atom is -0.326 e. The SMILES string of the molecule is CC(=O)Nc1cccc(NC(=O)c2ccc3c(n2)CCCC3)c1C. The number of hydrogen-bond donors (Lipinski definition) is 2. The van der Waals surface area contributed by atoms with Gasteiger partial charge in [-0.3, -0.25) is 9.59 Å². The molecule has 5 nitrogen and oxygen atoms in total. The molecule has 1 aliphatic rings. The molecule has 2 N–H and O–H groups in total. The first-order valence-electron chi connectivity index (χ1n) is 8.22. The van der Waals surface area contributed by atoms with E-state index in [9.17, 15) is 9.59 Å². The van der Waals surface area contributed by atoms with E-state index in [-0.39, 0.29) is 11.8 Å². The summed E-state index contributed by atoms with van der Waals surface area (Å²) in [6.45, 7) is 3.32. The van der Waals surface area contributed by atoms with Crippen LogP contribution < -0.4 is 10.6 Å². The smallest absolute Gasteiger partial charge is 0.274 e. The molecule has 3 rings (SSSR count). The number of anilines is 2. The second-order valence-electron chi connectivity index (χ2n) is 6.12. The molecule has 0 saturated carbocycles. The van der Waals surface area contributed by atoms with E-state index in [0.717, 1.165) is 30.5 Å². The molecule has 1 aromatic carbocycles. The second kappa shape index (κ2) is 6.83. The highest BCUT2D eigenvalue weighted by atomic mass is 16.2. The predicted octanol–water partition coefficient (Wildman–Crippen LogP) is 3.48. The summed E-state index contributed by atoms with van der Waals surface area (Å²) in [6, 6.07) is 9.22. The van der Waals surface area contributed by atoms with Gasteiger partial charge in [-0.25, -0.2) is 4.98 Å². The fraction of sp³-hybridized carbons (Fsp3) is 0.316. The van der Waals surface area contributed by atoms with E-state index in [4.69, 9.17) is 0 Å². The summed E-state index contributed by atoms with van der Waals surface area (Å²) in [4.78, 5) is 28.3. The number of aryl methyl sites for hydroxylation is 2. The minimum absolute atomic E-state index is 0.141. The molecule has 0 fully saturated rings. The summed E-state index contributed by atoms with van der Waals surface area (Å²) < 4.78 is 0. The topological polar surface area (TPSA) is 71.1 Å². The highest BCUT2D eigenvalue weighted by molar-refractivity contribution is 6.04. The Kier molecular flexibility index (Phi) is 4.60. The third-order valence-electron chi connectivity index (χ3n) is 4.30. The van der Waals surface area contributed by atoms with E-state index in [0.29, 0.717) is 17.1 Å². The van der Waals surface area contributed by atoms with Gasteiger partial charge in [0, 0.05) is 24.0 Å². The number of pyridine rings is 1. The van der Waals surface area contributed by atoms with Crippen molar-refractivity contribution in [2.24, 2.45) is 0 Å². The van der Waals surface area contributed by atoms with Crippen molar-refractivity contribution >= 4 is 23.2 Å². The Hall–Kier alpha value is -2.69. The molecule has 0 unspecified atom stereocenters. The minimum atomic E-state index is -0.230. The van der Waals surface area contributed by atoms with Crippen molar-refractivity contribution in [1.29, 1.82) is 0 Å². The Bertz CT molecular complexity index is 799. The average Bonchev–Trinajstić information content (AvgIpc) is 2.57. The maximum absolute atomic E-state index is 12.5. The third kappa shape index (κ3) is 3.45. The van der Waals surface area contributed by atoms with E-state index in [2.05, 4.69) is 15.6 Å². The second-order valence-corrected chi connectivity index (χ2v) is 6.12. The third-order valence-corrected chi connectivity index (χ3v) is 4.30. The number of benzene rings is 1. The molecule has 0 saturated heterocycles. The maximum atomic E-state index is 12.5. The summed E-state index contributed by atoms with van der Waals surface area (Å²) in [6.07, 6.45) is 4.30. The maximum Gasteiger partial charge on any atom is 0.274 e. The number of hydrogen-bond acceptors (Lipinski definition) is 3. The zero-order chi connectivity index (χ0) is 17.1. The lowest BCUT2D eigenvalue weighted by Gasteiger charge is -2.16. The van der Waals surface area contributed by atoms with Crippen LogP contribution in [0.25, 0.3) is 0 Å². The molecule has 24 heavy (non-hydrogen) atoms. The van der Waals surface area contributed by atoms with Crippen LogP contribution in [0.4, 0.5) is 11.4 Å². The largest absolute Gasteiger partial charge is 0.326 e. The highest BCUT2D eigenvalue weighted by Crippen LogP contribution is 2.24. The molecule has 2 amide bonds. The van der Waals surface area contributed by atoms with Crippen LogP contribution in [0.15, 0.2) is 30.3 Å². The Labute approximate surface area is 141 Å². The van der Waals surface area contributed by atoms with Gasteiger partial charge in [0.25, 0.3) is 5.91 Å². The lowest BCUT2D eigenvalue weighted by molar-refractivity contribution is -0.114. The van der Waals surface area contributed by atoms with Crippen molar-refractivity contribution in [2.75, 3.05) is 10.6 Å². The van der Waals surface area contributed by atoms with Crippen molar-refractivity contribution < 1.29 is 9.59 Å². The van der Waals surface area contributed by atoms with Crippen LogP contribution >= 0.6 is 0 Å². The molecule has 1 aromatic heterocycles. The summed E-state index contributed by atoms with van der Waals surface area (Å²) in [5.41, 5.74) is 4.91. The summed E-state index contributed by atoms with van der Waals surface area (Å²) in [5.74, 6) is -0.371. The number of carbonyl (C=O) groups is 2. The summed E-state index contributed by atoms with van der Waals surface area (Å²) >= 11 is 0. The number of nitrogens with zero attached hydrogens (tertiary/aromatic N) is 1. The Morgan fingerprint density at radius 2 is 1.71 bits per heavy atom. The predicted molar refractivity (Wildman–Crippen MR) is 94.3 cm³/mol.